The van der Waals surface area contributed by atoms with Crippen molar-refractivity contribution in [1.82, 2.24) is 0 Å². The van der Waals surface area contributed by atoms with Crippen molar-refractivity contribution >= 4 is 22.7 Å². The summed E-state index contributed by atoms with van der Waals surface area (Å²) in [6.45, 7) is 12.9. The van der Waals surface area contributed by atoms with Crippen LogP contribution in [0.2, 0.25) is 32.2 Å². The van der Waals surface area contributed by atoms with Gasteiger partial charge in [-0.2, -0.15) is 0 Å². The first-order valence-corrected chi connectivity index (χ1v) is 12.5. The second kappa shape index (κ2) is 6.32. The zero-order valence-corrected chi connectivity index (χ0v) is 13.9. The minimum atomic E-state index is -1.65. The Labute approximate surface area is 113 Å². The predicted octanol–water partition coefficient (Wildman–Crippen LogP) is 4.85. The number of hydrogen-bond donors (Lipinski definition) is 0. The molecule has 0 N–H and O–H groups in total. The van der Waals surface area contributed by atoms with Crippen molar-refractivity contribution in [2.24, 2.45) is 0 Å². The van der Waals surface area contributed by atoms with Crippen LogP contribution < -0.4 is 0 Å². The van der Waals surface area contributed by atoms with Gasteiger partial charge in [0.05, 0.1) is 0 Å². The molecule has 1 rings (SSSR count). The lowest BCUT2D eigenvalue weighted by atomic mass is 10.2. The van der Waals surface area contributed by atoms with Crippen LogP contribution in [0, 0.1) is 0 Å². The van der Waals surface area contributed by atoms with Gasteiger partial charge in [-0.3, -0.25) is 0 Å². The molecule has 0 unspecified atom stereocenters. The summed E-state index contributed by atoms with van der Waals surface area (Å²) < 4.78 is 6.32. The van der Waals surface area contributed by atoms with E-state index in [2.05, 4.69) is 69.2 Å². The number of rotatable bonds is 6. The molecule has 0 spiro atoms. The van der Waals surface area contributed by atoms with Gasteiger partial charge in [0, 0.05) is 0 Å². The smallest absolute Gasteiger partial charge is 0.198 e. The molecule has 1 aromatic carbocycles. The van der Waals surface area contributed by atoms with Crippen molar-refractivity contribution in [1.29, 1.82) is 0 Å². The molecule has 0 aliphatic rings. The maximum Gasteiger partial charge on any atom is 0.198 e. The Morgan fingerprint density at radius 3 is 2.28 bits per heavy atom. The summed E-state index contributed by atoms with van der Waals surface area (Å²) in [4.78, 5) is 0. The van der Waals surface area contributed by atoms with Gasteiger partial charge in [0.15, 0.2) is 16.6 Å². The standard InChI is InChI=1S/C15H24OSi2/c1-6-17(2,3)16-18(4,5)14-10-13-15-11-8-7-9-12-15/h6-13H,1,14H2,2-5H3/b13-10+. The minimum Gasteiger partial charge on any atom is -0.452 e. The molecule has 3 heteroatoms. The fourth-order valence-corrected chi connectivity index (χ4v) is 8.89. The number of allylic oxidation sites excluding steroid dienone is 1. The zero-order chi connectivity index (χ0) is 13.6. The van der Waals surface area contributed by atoms with Gasteiger partial charge in [-0.15, -0.1) is 6.58 Å². The van der Waals surface area contributed by atoms with Crippen LogP contribution in [0.15, 0.2) is 48.7 Å². The van der Waals surface area contributed by atoms with Crippen LogP contribution >= 0.6 is 0 Å². The Morgan fingerprint density at radius 2 is 1.72 bits per heavy atom. The van der Waals surface area contributed by atoms with E-state index in [1.165, 1.54) is 5.56 Å². The highest BCUT2D eigenvalue weighted by Crippen LogP contribution is 2.20. The minimum absolute atomic E-state index is 1.05. The fourth-order valence-electron chi connectivity index (χ4n) is 1.84. The molecular formula is C15H24OSi2. The van der Waals surface area contributed by atoms with Gasteiger partial charge in [0.25, 0.3) is 0 Å². The summed E-state index contributed by atoms with van der Waals surface area (Å²) >= 11 is 0. The molecule has 0 amide bonds. The molecule has 1 nitrogen and oxygen atoms in total. The predicted molar refractivity (Wildman–Crippen MR) is 86.5 cm³/mol. The number of benzene rings is 1. The van der Waals surface area contributed by atoms with Gasteiger partial charge in [-0.1, -0.05) is 48.2 Å². The highest BCUT2D eigenvalue weighted by Gasteiger charge is 2.29. The van der Waals surface area contributed by atoms with E-state index >= 15 is 0 Å². The first-order chi connectivity index (χ1) is 8.35. The van der Waals surface area contributed by atoms with Gasteiger partial charge < -0.3 is 4.12 Å². The first kappa shape index (κ1) is 15.2. The average molecular weight is 277 g/mol. The molecule has 0 aliphatic heterocycles. The van der Waals surface area contributed by atoms with Crippen LogP contribution in [-0.2, 0) is 4.12 Å². The third-order valence-corrected chi connectivity index (χ3v) is 9.27. The van der Waals surface area contributed by atoms with Crippen LogP contribution in [0.5, 0.6) is 0 Å². The highest BCUT2D eigenvalue weighted by atomic mass is 28.4. The molecule has 0 aromatic heterocycles. The van der Waals surface area contributed by atoms with E-state index < -0.39 is 16.6 Å². The molecule has 18 heavy (non-hydrogen) atoms. The summed E-state index contributed by atoms with van der Waals surface area (Å²) in [6, 6.07) is 11.4. The van der Waals surface area contributed by atoms with Gasteiger partial charge in [0.2, 0.25) is 0 Å². The Bertz CT molecular complexity index is 408. The lowest BCUT2D eigenvalue weighted by molar-refractivity contribution is 0.559. The van der Waals surface area contributed by atoms with Crippen molar-refractivity contribution in [3.8, 4) is 0 Å². The fraction of sp³-hybridized carbons (Fsp3) is 0.333. The SMILES string of the molecule is C=C[Si](C)(C)O[Si](C)(C)C/C=C/c1ccccc1. The Hall–Kier alpha value is -0.906. The van der Waals surface area contributed by atoms with Crippen LogP contribution in [-0.4, -0.2) is 16.6 Å². The van der Waals surface area contributed by atoms with E-state index in [4.69, 9.17) is 4.12 Å². The van der Waals surface area contributed by atoms with E-state index in [-0.39, 0.29) is 0 Å². The largest absolute Gasteiger partial charge is 0.452 e. The van der Waals surface area contributed by atoms with Gasteiger partial charge >= 0.3 is 0 Å². The topological polar surface area (TPSA) is 9.23 Å². The molecule has 0 fully saturated rings. The van der Waals surface area contributed by atoms with Gasteiger partial charge in [0.1, 0.15) is 0 Å². The monoisotopic (exact) mass is 276 g/mol. The molecule has 0 saturated heterocycles. The quantitative estimate of drug-likeness (QED) is 0.675. The van der Waals surface area contributed by atoms with Gasteiger partial charge in [-0.05, 0) is 37.8 Å². The van der Waals surface area contributed by atoms with Crippen LogP contribution in [0.25, 0.3) is 6.08 Å². The first-order valence-electron chi connectivity index (χ1n) is 6.40. The Morgan fingerprint density at radius 1 is 1.11 bits per heavy atom. The zero-order valence-electron chi connectivity index (χ0n) is 11.9. The molecule has 0 atom stereocenters. The summed E-state index contributed by atoms with van der Waals surface area (Å²) in [7, 11) is -3.26. The van der Waals surface area contributed by atoms with E-state index in [1.54, 1.807) is 0 Å². The summed E-state index contributed by atoms with van der Waals surface area (Å²) in [5.74, 6) is 0. The van der Waals surface area contributed by atoms with Crippen molar-refractivity contribution in [2.45, 2.75) is 32.2 Å². The lowest BCUT2D eigenvalue weighted by Gasteiger charge is -2.31. The summed E-state index contributed by atoms with van der Waals surface area (Å²) in [5, 5.41) is 0. The van der Waals surface area contributed by atoms with E-state index in [0.717, 1.165) is 6.04 Å². The van der Waals surface area contributed by atoms with Crippen LogP contribution in [0.1, 0.15) is 5.56 Å². The summed E-state index contributed by atoms with van der Waals surface area (Å²) in [5.41, 5.74) is 3.27. The number of hydrogen-bond acceptors (Lipinski definition) is 1. The Balaban J connectivity index is 2.56. The normalized spacial score (nSPS) is 12.9. The van der Waals surface area contributed by atoms with Crippen LogP contribution in [0.4, 0.5) is 0 Å². The average Bonchev–Trinajstić information content (AvgIpc) is 2.29. The molecule has 0 aliphatic carbocycles. The lowest BCUT2D eigenvalue weighted by Crippen LogP contribution is -2.42. The summed E-state index contributed by atoms with van der Waals surface area (Å²) in [6.07, 6.45) is 4.43. The molecule has 1 aromatic rings. The Kier molecular flexibility index (Phi) is 5.32. The van der Waals surface area contributed by atoms with Crippen molar-refractivity contribution in [3.63, 3.8) is 0 Å². The molecule has 0 bridgehead atoms. The maximum absolute atomic E-state index is 6.32. The van der Waals surface area contributed by atoms with E-state index in [1.807, 2.05) is 11.8 Å². The van der Waals surface area contributed by atoms with Crippen molar-refractivity contribution in [2.75, 3.05) is 0 Å². The molecule has 0 saturated carbocycles. The highest BCUT2D eigenvalue weighted by molar-refractivity contribution is 6.87. The van der Waals surface area contributed by atoms with E-state index in [9.17, 15) is 0 Å². The van der Waals surface area contributed by atoms with Gasteiger partial charge in [-0.25, -0.2) is 0 Å². The maximum atomic E-state index is 6.32. The molecule has 0 radical (unpaired) electrons. The third-order valence-electron chi connectivity index (χ3n) is 2.75. The van der Waals surface area contributed by atoms with Crippen LogP contribution in [0.3, 0.4) is 0 Å². The third kappa shape index (κ3) is 5.62. The second-order valence-corrected chi connectivity index (χ2v) is 14.0. The van der Waals surface area contributed by atoms with Crippen molar-refractivity contribution < 1.29 is 4.12 Å². The molecule has 0 heterocycles. The van der Waals surface area contributed by atoms with E-state index in [0.29, 0.717) is 0 Å². The second-order valence-electron chi connectivity index (χ2n) is 5.69. The molecule has 98 valence electrons. The molecular weight excluding hydrogens is 252 g/mol. The van der Waals surface area contributed by atoms with Crippen molar-refractivity contribution in [3.05, 3.63) is 54.2 Å².